The third kappa shape index (κ3) is 6.78. The molecule has 0 spiro atoms. The molecule has 6 nitrogen and oxygen atoms in total. The number of furan rings is 1. The van der Waals surface area contributed by atoms with Gasteiger partial charge in [0.05, 0.1) is 11.1 Å². The molecule has 37 heavy (non-hydrogen) atoms. The highest BCUT2D eigenvalue weighted by Crippen LogP contribution is 2.37. The summed E-state index contributed by atoms with van der Waals surface area (Å²) in [6.07, 6.45) is -8.96. The molecule has 2 fully saturated rings. The second-order valence-electron chi connectivity index (χ2n) is 9.80. The number of nitrogens with zero attached hydrogens (tertiary/aromatic N) is 3. The molecule has 2 saturated heterocycles. The van der Waals surface area contributed by atoms with Crippen LogP contribution in [-0.4, -0.2) is 72.6 Å². The van der Waals surface area contributed by atoms with Crippen LogP contribution in [0.1, 0.15) is 41.9 Å². The maximum Gasteiger partial charge on any atom is 0.416 e. The van der Waals surface area contributed by atoms with Gasteiger partial charge in [0.2, 0.25) is 0 Å². The van der Waals surface area contributed by atoms with Crippen LogP contribution in [0.3, 0.4) is 0 Å². The standard InChI is InChI=1S/C25H30F6N4O2/c1-16(22-4-3-17(2)37-22)5-6-33-7-9-34(10-8-33)21-14-35(15-21)23(36)32-20-12-18(24(26,27)28)11-19(13-20)25(29,30)31/h3-4,11-13,16,21H,5-10,14-15H2,1-2H3,(H,32,36). The van der Waals surface area contributed by atoms with Crippen LogP contribution >= 0.6 is 0 Å². The molecule has 1 N–H and O–H groups in total. The number of hydrogen-bond acceptors (Lipinski definition) is 4. The molecular weight excluding hydrogens is 502 g/mol. The van der Waals surface area contributed by atoms with Crippen LogP contribution in [0.5, 0.6) is 0 Å². The summed E-state index contributed by atoms with van der Waals surface area (Å²) < 4.78 is 84.0. The number of nitrogens with one attached hydrogen (secondary N) is 1. The van der Waals surface area contributed by atoms with Gasteiger partial charge in [0.15, 0.2) is 0 Å². The Hall–Kier alpha value is -2.73. The van der Waals surface area contributed by atoms with Gasteiger partial charge in [-0.1, -0.05) is 6.92 Å². The highest BCUT2D eigenvalue weighted by atomic mass is 19.4. The van der Waals surface area contributed by atoms with E-state index >= 15 is 0 Å². The van der Waals surface area contributed by atoms with E-state index in [9.17, 15) is 31.1 Å². The second-order valence-corrected chi connectivity index (χ2v) is 9.80. The highest BCUT2D eigenvalue weighted by molar-refractivity contribution is 5.90. The number of aryl methyl sites for hydroxylation is 1. The number of hydrogen-bond donors (Lipinski definition) is 1. The number of rotatable bonds is 6. The smallest absolute Gasteiger partial charge is 0.416 e. The molecule has 1 atom stereocenters. The van der Waals surface area contributed by atoms with Crippen LogP contribution in [0.25, 0.3) is 0 Å². The van der Waals surface area contributed by atoms with Crippen LogP contribution < -0.4 is 5.32 Å². The fourth-order valence-corrected chi connectivity index (χ4v) is 4.67. The zero-order chi connectivity index (χ0) is 27.0. The molecule has 1 aromatic heterocycles. The molecule has 1 aromatic carbocycles. The van der Waals surface area contributed by atoms with Crippen LogP contribution in [0, 0.1) is 6.92 Å². The van der Waals surface area contributed by atoms with Crippen molar-refractivity contribution in [3.8, 4) is 0 Å². The number of alkyl halides is 6. The largest absolute Gasteiger partial charge is 0.466 e. The Morgan fingerprint density at radius 1 is 1.00 bits per heavy atom. The SMILES string of the molecule is Cc1ccc(C(C)CCN2CCN(C3CN(C(=O)Nc4cc(C(F)(F)F)cc(C(F)(F)F)c4)C3)CC2)o1. The lowest BCUT2D eigenvalue weighted by Crippen LogP contribution is -2.64. The lowest BCUT2D eigenvalue weighted by Gasteiger charge is -2.48. The van der Waals surface area contributed by atoms with Crippen molar-refractivity contribution in [3.63, 3.8) is 0 Å². The first-order valence-corrected chi connectivity index (χ1v) is 12.2. The van der Waals surface area contributed by atoms with Crippen molar-refractivity contribution in [3.05, 3.63) is 53.0 Å². The average molecular weight is 533 g/mol. The molecule has 0 bridgehead atoms. The number of halogens is 6. The van der Waals surface area contributed by atoms with Gasteiger partial charge >= 0.3 is 18.4 Å². The van der Waals surface area contributed by atoms with Gasteiger partial charge in [-0.3, -0.25) is 4.90 Å². The molecule has 2 aliphatic rings. The van der Waals surface area contributed by atoms with Gasteiger partial charge in [0, 0.05) is 56.9 Å². The molecule has 0 saturated carbocycles. The van der Waals surface area contributed by atoms with E-state index in [4.69, 9.17) is 4.42 Å². The van der Waals surface area contributed by atoms with Crippen molar-refractivity contribution < 1.29 is 35.6 Å². The summed E-state index contributed by atoms with van der Waals surface area (Å²) in [5.74, 6) is 2.22. The minimum Gasteiger partial charge on any atom is -0.466 e. The van der Waals surface area contributed by atoms with E-state index < -0.39 is 35.2 Å². The van der Waals surface area contributed by atoms with Crippen LogP contribution in [-0.2, 0) is 12.4 Å². The Balaban J connectivity index is 1.23. The monoisotopic (exact) mass is 532 g/mol. The van der Waals surface area contributed by atoms with E-state index in [0.29, 0.717) is 31.1 Å². The molecule has 2 amide bonds. The molecule has 2 aliphatic heterocycles. The summed E-state index contributed by atoms with van der Waals surface area (Å²) in [7, 11) is 0. The van der Waals surface area contributed by atoms with Crippen LogP contribution in [0.4, 0.5) is 36.8 Å². The fourth-order valence-electron chi connectivity index (χ4n) is 4.67. The molecule has 0 aliphatic carbocycles. The number of urea groups is 1. The van der Waals surface area contributed by atoms with Gasteiger partial charge in [0.1, 0.15) is 11.5 Å². The Bertz CT molecular complexity index is 1050. The third-order valence-corrected chi connectivity index (χ3v) is 7.04. The Morgan fingerprint density at radius 2 is 1.59 bits per heavy atom. The van der Waals surface area contributed by atoms with Gasteiger partial charge in [0.25, 0.3) is 0 Å². The number of piperazine rings is 1. The Labute approximate surface area is 211 Å². The minimum atomic E-state index is -4.97. The van der Waals surface area contributed by atoms with Crippen molar-refractivity contribution >= 4 is 11.7 Å². The highest BCUT2D eigenvalue weighted by Gasteiger charge is 2.39. The fraction of sp³-hybridized carbons (Fsp3) is 0.560. The number of amides is 2. The van der Waals surface area contributed by atoms with Gasteiger partial charge in [-0.25, -0.2) is 4.79 Å². The summed E-state index contributed by atoms with van der Waals surface area (Å²) in [4.78, 5) is 18.5. The predicted octanol–water partition coefficient (Wildman–Crippen LogP) is 5.65. The number of carbonyl (C=O) groups is 1. The summed E-state index contributed by atoms with van der Waals surface area (Å²) in [6, 6.07) is 4.43. The zero-order valence-corrected chi connectivity index (χ0v) is 20.6. The van der Waals surface area contributed by atoms with E-state index in [2.05, 4.69) is 22.0 Å². The molecular formula is C25H30F6N4O2. The van der Waals surface area contributed by atoms with Crippen LogP contribution in [0.15, 0.2) is 34.7 Å². The van der Waals surface area contributed by atoms with Gasteiger partial charge in [-0.05, 0) is 50.2 Å². The van der Waals surface area contributed by atoms with Gasteiger partial charge in [-0.15, -0.1) is 0 Å². The first-order valence-electron chi connectivity index (χ1n) is 12.2. The van der Waals surface area contributed by atoms with Crippen molar-refractivity contribution in [2.75, 3.05) is 51.1 Å². The quantitative estimate of drug-likeness (QED) is 0.489. The molecule has 12 heteroatoms. The second kappa shape index (κ2) is 10.6. The van der Waals surface area contributed by atoms with E-state index in [0.717, 1.165) is 50.7 Å². The van der Waals surface area contributed by atoms with Crippen LogP contribution in [0.2, 0.25) is 0 Å². The van der Waals surface area contributed by atoms with E-state index in [1.54, 1.807) is 0 Å². The predicted molar refractivity (Wildman–Crippen MR) is 125 cm³/mol. The van der Waals surface area contributed by atoms with Gasteiger partial charge < -0.3 is 19.5 Å². The first-order chi connectivity index (χ1) is 17.3. The minimum absolute atomic E-state index is 0.0353. The van der Waals surface area contributed by atoms with Crippen molar-refractivity contribution in [1.29, 1.82) is 0 Å². The third-order valence-electron chi connectivity index (χ3n) is 7.04. The summed E-state index contributed by atoms with van der Waals surface area (Å²) in [5, 5.41) is 2.19. The normalized spacial score (nSPS) is 19.1. The number of anilines is 1. The van der Waals surface area contributed by atoms with E-state index in [1.165, 1.54) is 4.90 Å². The van der Waals surface area contributed by atoms with Crippen molar-refractivity contribution in [1.82, 2.24) is 14.7 Å². The maximum atomic E-state index is 13.1. The van der Waals surface area contributed by atoms with E-state index in [-0.39, 0.29) is 12.1 Å². The summed E-state index contributed by atoms with van der Waals surface area (Å²) >= 11 is 0. The number of carbonyl (C=O) groups excluding carboxylic acids is 1. The lowest BCUT2D eigenvalue weighted by molar-refractivity contribution is -0.143. The molecule has 3 heterocycles. The Kier molecular flexibility index (Phi) is 7.80. The molecule has 204 valence electrons. The zero-order valence-electron chi connectivity index (χ0n) is 20.6. The number of likely N-dealkylation sites (tertiary alicyclic amines) is 1. The van der Waals surface area contributed by atoms with Crippen molar-refractivity contribution in [2.24, 2.45) is 0 Å². The van der Waals surface area contributed by atoms with E-state index in [1.807, 2.05) is 19.1 Å². The maximum absolute atomic E-state index is 13.1. The molecule has 0 radical (unpaired) electrons. The average Bonchev–Trinajstić information content (AvgIpc) is 3.22. The molecule has 4 rings (SSSR count). The topological polar surface area (TPSA) is 52.0 Å². The van der Waals surface area contributed by atoms with Gasteiger partial charge in [-0.2, -0.15) is 26.3 Å². The molecule has 1 unspecified atom stereocenters. The van der Waals surface area contributed by atoms with Crippen molar-refractivity contribution in [2.45, 2.75) is 44.6 Å². The summed E-state index contributed by atoms with van der Waals surface area (Å²) in [5.41, 5.74) is -3.47. The summed E-state index contributed by atoms with van der Waals surface area (Å²) in [6.45, 7) is 9.19. The lowest BCUT2D eigenvalue weighted by atomic mass is 10.0. The molecule has 2 aromatic rings. The number of benzene rings is 1. The Morgan fingerprint density at radius 3 is 2.11 bits per heavy atom. The first kappa shape index (κ1) is 27.3.